The summed E-state index contributed by atoms with van der Waals surface area (Å²) >= 11 is 0. The topological polar surface area (TPSA) is 50.1 Å². The Balaban J connectivity index is 2.02. The van der Waals surface area contributed by atoms with Crippen LogP contribution in [-0.4, -0.2) is 24.6 Å². The SMILES string of the molecule is CCCNCCNCc1ocnc1C. The van der Waals surface area contributed by atoms with Crippen LogP contribution in [-0.2, 0) is 6.54 Å². The van der Waals surface area contributed by atoms with Crippen molar-refractivity contribution in [2.75, 3.05) is 19.6 Å². The van der Waals surface area contributed by atoms with E-state index in [4.69, 9.17) is 4.42 Å². The molecule has 4 nitrogen and oxygen atoms in total. The Kier molecular flexibility index (Phi) is 5.25. The summed E-state index contributed by atoms with van der Waals surface area (Å²) in [6, 6.07) is 0. The summed E-state index contributed by atoms with van der Waals surface area (Å²) in [5.41, 5.74) is 0.971. The number of nitrogens with one attached hydrogen (secondary N) is 2. The predicted molar refractivity (Wildman–Crippen MR) is 56.1 cm³/mol. The molecule has 0 amide bonds. The van der Waals surface area contributed by atoms with Gasteiger partial charge in [0, 0.05) is 13.1 Å². The van der Waals surface area contributed by atoms with E-state index < -0.39 is 0 Å². The maximum atomic E-state index is 5.20. The minimum Gasteiger partial charge on any atom is -0.447 e. The monoisotopic (exact) mass is 197 g/mol. The Labute approximate surface area is 85.1 Å². The average molecular weight is 197 g/mol. The predicted octanol–water partition coefficient (Wildman–Crippen LogP) is 1.07. The highest BCUT2D eigenvalue weighted by atomic mass is 16.3. The third-order valence-electron chi connectivity index (χ3n) is 2.04. The first-order valence-corrected chi connectivity index (χ1v) is 5.15. The lowest BCUT2D eigenvalue weighted by Crippen LogP contribution is -2.27. The average Bonchev–Trinajstić information content (AvgIpc) is 2.58. The van der Waals surface area contributed by atoms with Gasteiger partial charge in [-0.1, -0.05) is 6.92 Å². The molecule has 0 spiro atoms. The summed E-state index contributed by atoms with van der Waals surface area (Å²) in [5, 5.41) is 6.61. The van der Waals surface area contributed by atoms with E-state index in [1.165, 1.54) is 12.8 Å². The van der Waals surface area contributed by atoms with E-state index in [1.54, 1.807) is 0 Å². The molecule has 0 radical (unpaired) electrons. The van der Waals surface area contributed by atoms with Crippen LogP contribution in [0.25, 0.3) is 0 Å². The zero-order valence-electron chi connectivity index (χ0n) is 8.97. The minimum atomic E-state index is 0.764. The van der Waals surface area contributed by atoms with Crippen LogP contribution in [0.2, 0.25) is 0 Å². The maximum absolute atomic E-state index is 5.20. The van der Waals surface area contributed by atoms with Crippen LogP contribution >= 0.6 is 0 Å². The molecule has 1 rings (SSSR count). The largest absolute Gasteiger partial charge is 0.447 e. The van der Waals surface area contributed by atoms with Crippen molar-refractivity contribution in [1.82, 2.24) is 15.6 Å². The smallest absolute Gasteiger partial charge is 0.181 e. The molecule has 0 aliphatic rings. The van der Waals surface area contributed by atoms with Crippen molar-refractivity contribution in [2.24, 2.45) is 0 Å². The van der Waals surface area contributed by atoms with Crippen LogP contribution in [0.4, 0.5) is 0 Å². The number of oxazole rings is 1. The van der Waals surface area contributed by atoms with E-state index in [2.05, 4.69) is 22.5 Å². The van der Waals surface area contributed by atoms with Crippen LogP contribution < -0.4 is 10.6 Å². The summed E-state index contributed by atoms with van der Waals surface area (Å²) in [4.78, 5) is 4.02. The van der Waals surface area contributed by atoms with Crippen LogP contribution in [0.15, 0.2) is 10.8 Å². The first-order valence-electron chi connectivity index (χ1n) is 5.15. The summed E-state index contributed by atoms with van der Waals surface area (Å²) in [6.45, 7) is 7.93. The van der Waals surface area contributed by atoms with Crippen LogP contribution in [0.3, 0.4) is 0 Å². The van der Waals surface area contributed by atoms with Gasteiger partial charge in [0.15, 0.2) is 6.39 Å². The molecule has 0 saturated heterocycles. The molecule has 1 aromatic rings. The van der Waals surface area contributed by atoms with Gasteiger partial charge in [-0.25, -0.2) is 4.98 Å². The Morgan fingerprint density at radius 1 is 1.29 bits per heavy atom. The Morgan fingerprint density at radius 2 is 2.07 bits per heavy atom. The Bertz CT molecular complexity index is 247. The second kappa shape index (κ2) is 6.56. The molecular weight excluding hydrogens is 178 g/mol. The van der Waals surface area contributed by atoms with Crippen LogP contribution in [0.5, 0.6) is 0 Å². The van der Waals surface area contributed by atoms with Crippen LogP contribution in [0, 0.1) is 6.92 Å². The van der Waals surface area contributed by atoms with Gasteiger partial charge in [-0.3, -0.25) is 0 Å². The van der Waals surface area contributed by atoms with Crippen molar-refractivity contribution in [1.29, 1.82) is 0 Å². The number of aryl methyl sites for hydroxylation is 1. The highest BCUT2D eigenvalue weighted by molar-refractivity contribution is 5.03. The summed E-state index contributed by atoms with van der Waals surface area (Å²) in [6.07, 6.45) is 2.67. The maximum Gasteiger partial charge on any atom is 0.181 e. The normalized spacial score (nSPS) is 10.7. The van der Waals surface area contributed by atoms with E-state index in [1.807, 2.05) is 6.92 Å². The molecule has 0 aliphatic heterocycles. The van der Waals surface area contributed by atoms with Crippen molar-refractivity contribution >= 4 is 0 Å². The number of nitrogens with zero attached hydrogens (tertiary/aromatic N) is 1. The lowest BCUT2D eigenvalue weighted by Gasteiger charge is -2.04. The number of aromatic nitrogens is 1. The fraction of sp³-hybridized carbons (Fsp3) is 0.700. The zero-order chi connectivity index (χ0) is 10.2. The van der Waals surface area contributed by atoms with Crippen molar-refractivity contribution < 1.29 is 4.42 Å². The first kappa shape index (κ1) is 11.2. The van der Waals surface area contributed by atoms with Crippen molar-refractivity contribution in [3.63, 3.8) is 0 Å². The first-order chi connectivity index (χ1) is 6.84. The van der Waals surface area contributed by atoms with E-state index in [9.17, 15) is 0 Å². The lowest BCUT2D eigenvalue weighted by molar-refractivity contribution is 0.474. The molecule has 0 aromatic carbocycles. The van der Waals surface area contributed by atoms with Gasteiger partial charge in [0.1, 0.15) is 5.76 Å². The van der Waals surface area contributed by atoms with Gasteiger partial charge in [-0.15, -0.1) is 0 Å². The van der Waals surface area contributed by atoms with Crippen molar-refractivity contribution in [3.8, 4) is 0 Å². The molecule has 14 heavy (non-hydrogen) atoms. The number of hydrogen-bond acceptors (Lipinski definition) is 4. The fourth-order valence-corrected chi connectivity index (χ4v) is 1.18. The quantitative estimate of drug-likeness (QED) is 0.642. The molecule has 0 unspecified atom stereocenters. The molecule has 1 heterocycles. The number of hydrogen-bond donors (Lipinski definition) is 2. The minimum absolute atomic E-state index is 0.764. The highest BCUT2D eigenvalue weighted by Gasteiger charge is 2.00. The van der Waals surface area contributed by atoms with Crippen molar-refractivity contribution in [2.45, 2.75) is 26.8 Å². The Morgan fingerprint density at radius 3 is 2.71 bits per heavy atom. The van der Waals surface area contributed by atoms with Gasteiger partial charge in [0.05, 0.1) is 12.2 Å². The van der Waals surface area contributed by atoms with E-state index >= 15 is 0 Å². The van der Waals surface area contributed by atoms with Gasteiger partial charge < -0.3 is 15.1 Å². The molecule has 4 heteroatoms. The molecule has 80 valence electrons. The Hall–Kier alpha value is -0.870. The second-order valence-electron chi connectivity index (χ2n) is 3.29. The standard InChI is InChI=1S/C10H19N3O/c1-3-4-11-5-6-12-7-10-9(2)13-8-14-10/h8,11-12H,3-7H2,1-2H3. The molecule has 2 N–H and O–H groups in total. The second-order valence-corrected chi connectivity index (χ2v) is 3.29. The van der Waals surface area contributed by atoms with Crippen molar-refractivity contribution in [3.05, 3.63) is 17.8 Å². The molecule has 0 saturated carbocycles. The lowest BCUT2D eigenvalue weighted by atomic mass is 10.3. The molecule has 1 aromatic heterocycles. The molecule has 0 fully saturated rings. The third kappa shape index (κ3) is 3.89. The van der Waals surface area contributed by atoms with Gasteiger partial charge in [0.25, 0.3) is 0 Å². The van der Waals surface area contributed by atoms with Gasteiger partial charge in [-0.05, 0) is 19.9 Å². The summed E-state index contributed by atoms with van der Waals surface area (Å²) < 4.78 is 5.20. The van der Waals surface area contributed by atoms with Gasteiger partial charge in [-0.2, -0.15) is 0 Å². The highest BCUT2D eigenvalue weighted by Crippen LogP contribution is 2.02. The van der Waals surface area contributed by atoms with E-state index in [0.29, 0.717) is 0 Å². The number of rotatable bonds is 7. The van der Waals surface area contributed by atoms with Gasteiger partial charge >= 0.3 is 0 Å². The van der Waals surface area contributed by atoms with Gasteiger partial charge in [0.2, 0.25) is 0 Å². The molecule has 0 bridgehead atoms. The third-order valence-corrected chi connectivity index (χ3v) is 2.04. The summed E-state index contributed by atoms with van der Waals surface area (Å²) in [5.74, 6) is 0.931. The van der Waals surface area contributed by atoms with E-state index in [0.717, 1.165) is 37.6 Å². The fourth-order valence-electron chi connectivity index (χ4n) is 1.18. The van der Waals surface area contributed by atoms with E-state index in [-0.39, 0.29) is 0 Å². The zero-order valence-corrected chi connectivity index (χ0v) is 8.97. The molecule has 0 atom stereocenters. The molecular formula is C10H19N3O. The molecule has 0 aliphatic carbocycles. The van der Waals surface area contributed by atoms with Crippen LogP contribution in [0.1, 0.15) is 24.8 Å². The summed E-state index contributed by atoms with van der Waals surface area (Å²) in [7, 11) is 0.